The molecule has 0 bridgehead atoms. The van der Waals surface area contributed by atoms with Gasteiger partial charge in [-0.15, -0.1) is 0 Å². The molecule has 0 radical (unpaired) electrons. The minimum Gasteiger partial charge on any atom is -0.453 e. The fourth-order valence-corrected chi connectivity index (χ4v) is 2.26. The summed E-state index contributed by atoms with van der Waals surface area (Å²) in [5, 5.41) is 3.36. The van der Waals surface area contributed by atoms with Crippen LogP contribution in [0.5, 0.6) is 11.5 Å². The molecule has 3 rings (SSSR count). The molecule has 1 aliphatic heterocycles. The van der Waals surface area contributed by atoms with E-state index < -0.39 is 0 Å². The number of nitrogens with two attached hydrogens (primary N) is 1. The van der Waals surface area contributed by atoms with E-state index in [2.05, 4.69) is 12.2 Å². The quantitative estimate of drug-likeness (QED) is 0.664. The smallest absolute Gasteiger partial charge is 0.153 e. The number of nitrogen functional groups attached to an aromatic ring is 1. The zero-order valence-corrected chi connectivity index (χ0v) is 10.4. The maximum atomic E-state index is 6.20. The second-order valence-corrected chi connectivity index (χ2v) is 4.48. The molecule has 0 saturated carbocycles. The van der Waals surface area contributed by atoms with E-state index >= 15 is 0 Å². The number of ether oxygens (including phenoxy) is 1. The maximum absolute atomic E-state index is 6.20. The van der Waals surface area contributed by atoms with E-state index in [1.54, 1.807) is 0 Å². The molecule has 0 fully saturated rings. The van der Waals surface area contributed by atoms with Gasteiger partial charge in [-0.25, -0.2) is 0 Å². The Morgan fingerprint density at radius 1 is 1.11 bits per heavy atom. The summed E-state index contributed by atoms with van der Waals surface area (Å²) in [7, 11) is 0. The summed E-state index contributed by atoms with van der Waals surface area (Å²) in [4.78, 5) is 0. The number of hydrogen-bond acceptors (Lipinski definition) is 3. The lowest BCUT2D eigenvalue weighted by atomic mass is 10.0. The Balaban J connectivity index is 2.05. The van der Waals surface area contributed by atoms with Crippen molar-refractivity contribution in [3.63, 3.8) is 0 Å². The minimum absolute atomic E-state index is 0.795. The molecule has 0 spiro atoms. The van der Waals surface area contributed by atoms with Gasteiger partial charge in [-0.3, -0.25) is 0 Å². The number of hydrogen-bond donors (Lipinski definition) is 2. The molecule has 3 heteroatoms. The number of rotatable bonds is 2. The lowest BCUT2D eigenvalue weighted by Crippen LogP contribution is -2.07. The third-order valence-corrected chi connectivity index (χ3v) is 3.18. The van der Waals surface area contributed by atoms with Crippen molar-refractivity contribution in [1.29, 1.82) is 0 Å². The molecule has 0 aromatic heterocycles. The Morgan fingerprint density at radius 2 is 1.94 bits per heavy atom. The van der Waals surface area contributed by atoms with Crippen LogP contribution in [0.2, 0.25) is 0 Å². The normalized spacial score (nSPS) is 12.1. The average Bonchev–Trinajstić information content (AvgIpc) is 2.41. The molecule has 0 aliphatic carbocycles. The number of fused-ring (bicyclic) bond motifs is 2. The Kier molecular flexibility index (Phi) is 2.59. The van der Waals surface area contributed by atoms with Crippen molar-refractivity contribution in [3.8, 4) is 11.5 Å². The van der Waals surface area contributed by atoms with Crippen LogP contribution in [0.4, 0.5) is 17.1 Å². The van der Waals surface area contributed by atoms with Crippen LogP contribution < -0.4 is 15.8 Å². The van der Waals surface area contributed by atoms with E-state index in [0.717, 1.165) is 41.4 Å². The molecule has 2 aromatic rings. The van der Waals surface area contributed by atoms with E-state index in [4.69, 9.17) is 10.5 Å². The largest absolute Gasteiger partial charge is 0.453 e. The first-order chi connectivity index (χ1) is 8.79. The summed E-state index contributed by atoms with van der Waals surface area (Å²) in [6, 6.07) is 11.9. The van der Waals surface area contributed by atoms with E-state index in [1.165, 1.54) is 5.56 Å². The first kappa shape index (κ1) is 11.0. The van der Waals surface area contributed by atoms with E-state index in [9.17, 15) is 0 Å². The Labute approximate surface area is 107 Å². The Morgan fingerprint density at radius 3 is 2.78 bits per heavy atom. The molecule has 18 heavy (non-hydrogen) atoms. The summed E-state index contributed by atoms with van der Waals surface area (Å²) in [6.07, 6.45) is 2.07. The van der Waals surface area contributed by atoms with Crippen molar-refractivity contribution in [2.45, 2.75) is 19.8 Å². The zero-order valence-electron chi connectivity index (χ0n) is 10.4. The number of anilines is 3. The molecule has 0 atom stereocenters. The van der Waals surface area contributed by atoms with Crippen LogP contribution in [0.15, 0.2) is 36.4 Å². The highest BCUT2D eigenvalue weighted by Gasteiger charge is 2.19. The molecule has 3 nitrogen and oxygen atoms in total. The number of benzene rings is 2. The van der Waals surface area contributed by atoms with Crippen molar-refractivity contribution < 1.29 is 4.74 Å². The SMILES string of the molecule is CCCc1ccc2c(c1N)Nc1ccccc1O2. The van der Waals surface area contributed by atoms with E-state index in [-0.39, 0.29) is 0 Å². The van der Waals surface area contributed by atoms with Crippen LogP contribution in [0.25, 0.3) is 0 Å². The fraction of sp³-hybridized carbons (Fsp3) is 0.200. The van der Waals surface area contributed by atoms with Gasteiger partial charge in [0.25, 0.3) is 0 Å². The van der Waals surface area contributed by atoms with Crippen molar-refractivity contribution >= 4 is 17.1 Å². The summed E-state index contributed by atoms with van der Waals surface area (Å²) in [5.41, 5.74) is 10.0. The highest BCUT2D eigenvalue weighted by atomic mass is 16.5. The molecule has 1 heterocycles. The van der Waals surface area contributed by atoms with Gasteiger partial charge in [-0.05, 0) is 30.2 Å². The predicted molar refractivity (Wildman–Crippen MR) is 74.6 cm³/mol. The first-order valence-electron chi connectivity index (χ1n) is 6.25. The highest BCUT2D eigenvalue weighted by Crippen LogP contribution is 2.45. The average molecular weight is 240 g/mol. The van der Waals surface area contributed by atoms with Crippen molar-refractivity contribution in [3.05, 3.63) is 42.0 Å². The number of nitrogens with one attached hydrogen (secondary N) is 1. The highest BCUT2D eigenvalue weighted by molar-refractivity contribution is 5.85. The summed E-state index contributed by atoms with van der Waals surface area (Å²) in [6.45, 7) is 2.15. The molecule has 0 unspecified atom stereocenters. The van der Waals surface area contributed by atoms with Crippen LogP contribution in [0.1, 0.15) is 18.9 Å². The van der Waals surface area contributed by atoms with Crippen molar-refractivity contribution in [1.82, 2.24) is 0 Å². The van der Waals surface area contributed by atoms with Crippen LogP contribution in [0.3, 0.4) is 0 Å². The Hall–Kier alpha value is -2.16. The molecule has 0 amide bonds. The first-order valence-corrected chi connectivity index (χ1v) is 6.25. The van der Waals surface area contributed by atoms with Crippen LogP contribution in [0, 0.1) is 0 Å². The topological polar surface area (TPSA) is 47.3 Å². The Bertz CT molecular complexity index is 593. The van der Waals surface area contributed by atoms with Gasteiger partial charge in [0, 0.05) is 0 Å². The van der Waals surface area contributed by atoms with Gasteiger partial charge >= 0.3 is 0 Å². The van der Waals surface area contributed by atoms with Crippen LogP contribution in [-0.2, 0) is 6.42 Å². The molecule has 92 valence electrons. The third-order valence-electron chi connectivity index (χ3n) is 3.18. The van der Waals surface area contributed by atoms with E-state index in [0.29, 0.717) is 0 Å². The number of para-hydroxylation sites is 2. The second kappa shape index (κ2) is 4.26. The van der Waals surface area contributed by atoms with Gasteiger partial charge in [0.05, 0.1) is 11.4 Å². The van der Waals surface area contributed by atoms with E-state index in [1.807, 2.05) is 36.4 Å². The number of aryl methyl sites for hydroxylation is 1. The summed E-state index contributed by atoms with van der Waals surface area (Å²) in [5.74, 6) is 1.64. The van der Waals surface area contributed by atoms with Gasteiger partial charge in [0.2, 0.25) is 0 Å². The monoisotopic (exact) mass is 240 g/mol. The molecule has 0 saturated heterocycles. The van der Waals surface area contributed by atoms with Crippen LogP contribution >= 0.6 is 0 Å². The van der Waals surface area contributed by atoms with Gasteiger partial charge < -0.3 is 15.8 Å². The van der Waals surface area contributed by atoms with Gasteiger partial charge in [-0.2, -0.15) is 0 Å². The predicted octanol–water partition coefficient (Wildman–Crippen LogP) is 4.07. The van der Waals surface area contributed by atoms with Crippen molar-refractivity contribution in [2.24, 2.45) is 0 Å². The molecular weight excluding hydrogens is 224 g/mol. The molecule has 3 N–H and O–H groups in total. The summed E-state index contributed by atoms with van der Waals surface area (Å²) >= 11 is 0. The van der Waals surface area contributed by atoms with Gasteiger partial charge in [0.1, 0.15) is 5.69 Å². The molecule has 2 aromatic carbocycles. The standard InChI is InChI=1S/C15H16N2O/c1-2-5-10-8-9-13-15(14(10)16)17-11-6-3-4-7-12(11)18-13/h3-4,6-9,17H,2,5,16H2,1H3. The lowest BCUT2D eigenvalue weighted by molar-refractivity contribution is 0.481. The lowest BCUT2D eigenvalue weighted by Gasteiger charge is -2.24. The molecule has 1 aliphatic rings. The third kappa shape index (κ3) is 1.68. The maximum Gasteiger partial charge on any atom is 0.153 e. The zero-order chi connectivity index (χ0) is 12.5. The minimum atomic E-state index is 0.795. The van der Waals surface area contributed by atoms with Gasteiger partial charge in [-0.1, -0.05) is 31.5 Å². The summed E-state index contributed by atoms with van der Waals surface area (Å²) < 4.78 is 5.85. The second-order valence-electron chi connectivity index (χ2n) is 4.48. The molecular formula is C15H16N2O. The van der Waals surface area contributed by atoms with Crippen molar-refractivity contribution in [2.75, 3.05) is 11.1 Å². The van der Waals surface area contributed by atoms with Crippen LogP contribution in [-0.4, -0.2) is 0 Å². The van der Waals surface area contributed by atoms with Gasteiger partial charge in [0.15, 0.2) is 11.5 Å². The fourth-order valence-electron chi connectivity index (χ4n) is 2.26.